The molecule has 1 aromatic heterocycles. The van der Waals surface area contributed by atoms with Gasteiger partial charge >= 0.3 is 0 Å². The average molecular weight is 320 g/mol. The summed E-state index contributed by atoms with van der Waals surface area (Å²) in [6.45, 7) is 2.50. The summed E-state index contributed by atoms with van der Waals surface area (Å²) in [6.07, 6.45) is 2.44. The fourth-order valence-electron chi connectivity index (χ4n) is 2.81. The van der Waals surface area contributed by atoms with Crippen LogP contribution in [0, 0.1) is 12.7 Å². The first kappa shape index (κ1) is 15.1. The van der Waals surface area contributed by atoms with Gasteiger partial charge < -0.3 is 0 Å². The highest BCUT2D eigenvalue weighted by Gasteiger charge is 2.34. The molecule has 22 heavy (non-hydrogen) atoms. The third kappa shape index (κ3) is 2.89. The lowest BCUT2D eigenvalue weighted by molar-refractivity contribution is 0.471. The van der Waals surface area contributed by atoms with Crippen molar-refractivity contribution in [2.24, 2.45) is 0 Å². The SMILES string of the molecule is Cc1cc(F)cc(S(=O)(=O)N2CCC(c3ccccn3)C2)c1. The summed E-state index contributed by atoms with van der Waals surface area (Å²) in [4.78, 5) is 4.32. The van der Waals surface area contributed by atoms with Crippen LogP contribution in [0.5, 0.6) is 0 Å². The van der Waals surface area contributed by atoms with Gasteiger partial charge in [0.1, 0.15) is 5.82 Å². The van der Waals surface area contributed by atoms with E-state index in [0.717, 1.165) is 18.2 Å². The molecular weight excluding hydrogens is 303 g/mol. The Bertz CT molecular complexity index is 758. The van der Waals surface area contributed by atoms with Crippen molar-refractivity contribution < 1.29 is 12.8 Å². The van der Waals surface area contributed by atoms with Crippen molar-refractivity contribution in [3.8, 4) is 0 Å². The lowest BCUT2D eigenvalue weighted by atomic mass is 10.0. The summed E-state index contributed by atoms with van der Waals surface area (Å²) in [5.74, 6) is -0.440. The second-order valence-corrected chi connectivity index (χ2v) is 7.51. The molecule has 1 unspecified atom stereocenters. The van der Waals surface area contributed by atoms with E-state index in [1.165, 1.54) is 16.4 Å². The molecule has 0 bridgehead atoms. The summed E-state index contributed by atoms with van der Waals surface area (Å²) >= 11 is 0. The largest absolute Gasteiger partial charge is 0.261 e. The number of benzene rings is 1. The molecule has 0 spiro atoms. The lowest BCUT2D eigenvalue weighted by Gasteiger charge is -2.17. The smallest absolute Gasteiger partial charge is 0.243 e. The Morgan fingerprint density at radius 1 is 1.27 bits per heavy atom. The number of sulfonamides is 1. The second kappa shape index (κ2) is 5.78. The number of hydrogen-bond donors (Lipinski definition) is 0. The Kier molecular flexibility index (Phi) is 3.97. The first-order chi connectivity index (χ1) is 10.5. The number of rotatable bonds is 3. The monoisotopic (exact) mass is 320 g/mol. The predicted octanol–water partition coefficient (Wildman–Crippen LogP) is 2.71. The van der Waals surface area contributed by atoms with Crippen LogP contribution in [0.15, 0.2) is 47.5 Å². The summed E-state index contributed by atoms with van der Waals surface area (Å²) in [7, 11) is -3.66. The van der Waals surface area contributed by atoms with Crippen LogP contribution in [0.1, 0.15) is 23.6 Å². The van der Waals surface area contributed by atoms with Gasteiger partial charge in [-0.15, -0.1) is 0 Å². The fraction of sp³-hybridized carbons (Fsp3) is 0.312. The highest BCUT2D eigenvalue weighted by molar-refractivity contribution is 7.89. The molecule has 1 saturated heterocycles. The zero-order chi connectivity index (χ0) is 15.7. The quantitative estimate of drug-likeness (QED) is 0.874. The molecule has 0 aliphatic carbocycles. The molecule has 1 fully saturated rings. The minimum absolute atomic E-state index is 0.0201. The van der Waals surface area contributed by atoms with Gasteiger partial charge in [0.25, 0.3) is 0 Å². The molecule has 1 atom stereocenters. The van der Waals surface area contributed by atoms with Crippen molar-refractivity contribution in [3.05, 3.63) is 59.7 Å². The molecule has 116 valence electrons. The van der Waals surface area contributed by atoms with Crippen LogP contribution in [-0.4, -0.2) is 30.8 Å². The maximum absolute atomic E-state index is 13.5. The molecule has 0 saturated carbocycles. The molecule has 2 heterocycles. The summed E-state index contributed by atoms with van der Waals surface area (Å²) in [6, 6.07) is 9.55. The van der Waals surface area contributed by atoms with Crippen LogP contribution in [0.4, 0.5) is 4.39 Å². The molecule has 1 aromatic carbocycles. The number of aryl methyl sites for hydroxylation is 1. The standard InChI is InChI=1S/C16H17FN2O2S/c1-12-8-14(17)10-15(9-12)22(20,21)19-7-5-13(11-19)16-4-2-3-6-18-16/h2-4,6,8-10,13H,5,7,11H2,1H3. The van der Waals surface area contributed by atoms with Crippen molar-refractivity contribution in [1.29, 1.82) is 0 Å². The number of nitrogens with zero attached hydrogens (tertiary/aromatic N) is 2. The summed E-state index contributed by atoms with van der Waals surface area (Å²) < 4.78 is 40.2. The fourth-order valence-corrected chi connectivity index (χ4v) is 4.42. The van der Waals surface area contributed by atoms with Crippen molar-refractivity contribution in [3.63, 3.8) is 0 Å². The first-order valence-corrected chi connectivity index (χ1v) is 8.59. The number of halogens is 1. The van der Waals surface area contributed by atoms with Gasteiger partial charge in [-0.1, -0.05) is 6.07 Å². The lowest BCUT2D eigenvalue weighted by Crippen LogP contribution is -2.28. The van der Waals surface area contributed by atoms with E-state index in [1.807, 2.05) is 18.2 Å². The van der Waals surface area contributed by atoms with Gasteiger partial charge in [-0.3, -0.25) is 4.98 Å². The van der Waals surface area contributed by atoms with Gasteiger partial charge in [0.05, 0.1) is 4.90 Å². The molecule has 1 aliphatic rings. The Hall–Kier alpha value is -1.79. The Morgan fingerprint density at radius 3 is 2.77 bits per heavy atom. The van der Waals surface area contributed by atoms with E-state index >= 15 is 0 Å². The predicted molar refractivity (Wildman–Crippen MR) is 81.5 cm³/mol. The maximum Gasteiger partial charge on any atom is 0.243 e. The van der Waals surface area contributed by atoms with Gasteiger partial charge in [-0.2, -0.15) is 4.31 Å². The van der Waals surface area contributed by atoms with E-state index in [-0.39, 0.29) is 10.8 Å². The van der Waals surface area contributed by atoms with Crippen molar-refractivity contribution in [2.75, 3.05) is 13.1 Å². The molecule has 4 nitrogen and oxygen atoms in total. The van der Waals surface area contributed by atoms with Gasteiger partial charge in [-0.25, -0.2) is 12.8 Å². The zero-order valence-electron chi connectivity index (χ0n) is 12.2. The van der Waals surface area contributed by atoms with E-state index in [0.29, 0.717) is 18.7 Å². The second-order valence-electron chi connectivity index (χ2n) is 5.57. The Labute approximate surface area is 129 Å². The molecule has 1 aliphatic heterocycles. The van der Waals surface area contributed by atoms with Crippen LogP contribution in [0.3, 0.4) is 0 Å². The Morgan fingerprint density at radius 2 is 2.09 bits per heavy atom. The van der Waals surface area contributed by atoms with E-state index in [9.17, 15) is 12.8 Å². The minimum Gasteiger partial charge on any atom is -0.261 e. The minimum atomic E-state index is -3.66. The van der Waals surface area contributed by atoms with Crippen LogP contribution in [0.2, 0.25) is 0 Å². The first-order valence-electron chi connectivity index (χ1n) is 7.15. The molecule has 6 heteroatoms. The average Bonchev–Trinajstić information content (AvgIpc) is 2.98. The molecular formula is C16H17FN2O2S. The van der Waals surface area contributed by atoms with Crippen molar-refractivity contribution in [2.45, 2.75) is 24.2 Å². The van der Waals surface area contributed by atoms with Crippen LogP contribution < -0.4 is 0 Å². The summed E-state index contributed by atoms with van der Waals surface area (Å²) in [5, 5.41) is 0. The molecule has 0 N–H and O–H groups in total. The van der Waals surface area contributed by atoms with Gasteiger partial charge in [0, 0.05) is 30.9 Å². The van der Waals surface area contributed by atoms with E-state index in [4.69, 9.17) is 0 Å². The normalized spacial score (nSPS) is 19.5. The van der Waals surface area contributed by atoms with Crippen LogP contribution in [-0.2, 0) is 10.0 Å². The third-order valence-corrected chi connectivity index (χ3v) is 5.75. The van der Waals surface area contributed by atoms with Gasteiger partial charge in [-0.05, 0) is 49.2 Å². The Balaban J connectivity index is 1.85. The van der Waals surface area contributed by atoms with Crippen LogP contribution >= 0.6 is 0 Å². The topological polar surface area (TPSA) is 50.3 Å². The molecule has 2 aromatic rings. The number of hydrogen-bond acceptors (Lipinski definition) is 3. The third-order valence-electron chi connectivity index (χ3n) is 3.91. The van der Waals surface area contributed by atoms with E-state index in [2.05, 4.69) is 4.98 Å². The highest BCUT2D eigenvalue weighted by atomic mass is 32.2. The number of aromatic nitrogens is 1. The molecule has 3 rings (SSSR count). The van der Waals surface area contributed by atoms with Gasteiger partial charge in [0.2, 0.25) is 10.0 Å². The molecule has 0 radical (unpaired) electrons. The van der Waals surface area contributed by atoms with E-state index in [1.54, 1.807) is 13.1 Å². The zero-order valence-corrected chi connectivity index (χ0v) is 13.1. The van der Waals surface area contributed by atoms with Crippen molar-refractivity contribution in [1.82, 2.24) is 9.29 Å². The van der Waals surface area contributed by atoms with Crippen LogP contribution in [0.25, 0.3) is 0 Å². The van der Waals surface area contributed by atoms with E-state index < -0.39 is 15.8 Å². The highest BCUT2D eigenvalue weighted by Crippen LogP contribution is 2.30. The maximum atomic E-state index is 13.5. The molecule has 0 amide bonds. The number of pyridine rings is 1. The summed E-state index contributed by atoms with van der Waals surface area (Å²) in [5.41, 5.74) is 1.50. The van der Waals surface area contributed by atoms with Crippen molar-refractivity contribution >= 4 is 10.0 Å². The van der Waals surface area contributed by atoms with Gasteiger partial charge in [0.15, 0.2) is 0 Å².